The summed E-state index contributed by atoms with van der Waals surface area (Å²) < 4.78 is 16.2. The van der Waals surface area contributed by atoms with Gasteiger partial charge in [0.25, 0.3) is 0 Å². The summed E-state index contributed by atoms with van der Waals surface area (Å²) in [4.78, 5) is 0. The molecule has 1 unspecified atom stereocenters. The van der Waals surface area contributed by atoms with E-state index < -0.39 is 5.92 Å². The third-order valence-corrected chi connectivity index (χ3v) is 3.95. The molecule has 0 spiro atoms. The fourth-order valence-electron chi connectivity index (χ4n) is 2.82. The number of ether oxygens (including phenoxy) is 3. The number of nitrogens with two attached hydrogens (primary N) is 1. The van der Waals surface area contributed by atoms with Crippen LogP contribution in [0.3, 0.4) is 0 Å². The normalized spacial score (nSPS) is 16.0. The van der Waals surface area contributed by atoms with Gasteiger partial charge in [0.1, 0.15) is 34.6 Å². The van der Waals surface area contributed by atoms with Gasteiger partial charge in [0, 0.05) is 23.3 Å². The fraction of sp³-hybridized carbons (Fsp3) is 0.167. The predicted molar refractivity (Wildman–Crippen MR) is 87.0 cm³/mol. The molecule has 6 heteroatoms. The molecule has 2 aromatic carbocycles. The molecule has 0 radical (unpaired) electrons. The van der Waals surface area contributed by atoms with Crippen molar-refractivity contribution >= 4 is 0 Å². The lowest BCUT2D eigenvalue weighted by Crippen LogP contribution is -2.21. The van der Waals surface area contributed by atoms with Gasteiger partial charge < -0.3 is 25.1 Å². The van der Waals surface area contributed by atoms with Gasteiger partial charge in [-0.25, -0.2) is 0 Å². The highest BCUT2D eigenvalue weighted by Gasteiger charge is 2.32. The second kappa shape index (κ2) is 6.05. The molecule has 1 aliphatic rings. The first-order valence-electron chi connectivity index (χ1n) is 7.21. The number of hydrogen-bond donors (Lipinski definition) is 2. The van der Waals surface area contributed by atoms with Crippen LogP contribution in [0.4, 0.5) is 0 Å². The number of methoxy groups -OCH3 is 2. The number of allylic oxidation sites excluding steroid dienone is 1. The van der Waals surface area contributed by atoms with Crippen molar-refractivity contribution < 1.29 is 19.3 Å². The number of fused-ring (bicyclic) bond motifs is 1. The first kappa shape index (κ1) is 15.6. The molecule has 0 aliphatic carbocycles. The van der Waals surface area contributed by atoms with E-state index in [4.69, 9.17) is 19.9 Å². The van der Waals surface area contributed by atoms with Gasteiger partial charge >= 0.3 is 0 Å². The summed E-state index contributed by atoms with van der Waals surface area (Å²) in [5, 5.41) is 19.2. The Bertz CT molecular complexity index is 868. The number of nitrogens with zero attached hydrogens (tertiary/aromatic N) is 1. The number of aromatic hydroxyl groups is 1. The number of nitriles is 1. The maximum atomic E-state index is 9.68. The number of phenols is 1. The molecule has 0 saturated carbocycles. The minimum atomic E-state index is -0.458. The van der Waals surface area contributed by atoms with Crippen molar-refractivity contribution in [2.24, 2.45) is 5.73 Å². The largest absolute Gasteiger partial charge is 0.508 e. The summed E-state index contributed by atoms with van der Waals surface area (Å²) >= 11 is 0. The zero-order valence-corrected chi connectivity index (χ0v) is 13.2. The van der Waals surface area contributed by atoms with E-state index in [1.165, 1.54) is 6.07 Å². The lowest BCUT2D eigenvalue weighted by atomic mass is 9.83. The van der Waals surface area contributed by atoms with E-state index in [2.05, 4.69) is 6.07 Å². The molecule has 24 heavy (non-hydrogen) atoms. The molecule has 1 heterocycles. The number of benzene rings is 2. The Morgan fingerprint density at radius 3 is 2.54 bits per heavy atom. The van der Waals surface area contributed by atoms with Gasteiger partial charge in [-0.2, -0.15) is 5.26 Å². The number of phenolic OH excluding ortho intramolecular Hbond substituents is 1. The zero-order chi connectivity index (χ0) is 17.3. The first-order valence-corrected chi connectivity index (χ1v) is 7.21. The molecule has 0 amide bonds. The molecule has 0 fully saturated rings. The van der Waals surface area contributed by atoms with E-state index in [-0.39, 0.29) is 17.2 Å². The lowest BCUT2D eigenvalue weighted by Gasteiger charge is -2.27. The fourth-order valence-corrected chi connectivity index (χ4v) is 2.82. The summed E-state index contributed by atoms with van der Waals surface area (Å²) in [6.45, 7) is 0. The molecule has 0 saturated heterocycles. The van der Waals surface area contributed by atoms with E-state index in [9.17, 15) is 10.4 Å². The first-order chi connectivity index (χ1) is 11.6. The third-order valence-electron chi connectivity index (χ3n) is 3.95. The highest BCUT2D eigenvalue weighted by Crippen LogP contribution is 2.46. The Kier molecular flexibility index (Phi) is 3.92. The van der Waals surface area contributed by atoms with Crippen LogP contribution in [-0.2, 0) is 0 Å². The van der Waals surface area contributed by atoms with Crippen LogP contribution in [0.1, 0.15) is 17.0 Å². The van der Waals surface area contributed by atoms with Crippen LogP contribution in [0.25, 0.3) is 0 Å². The highest BCUT2D eigenvalue weighted by molar-refractivity contribution is 5.60. The van der Waals surface area contributed by atoms with Crippen molar-refractivity contribution in [3.63, 3.8) is 0 Å². The molecule has 6 nitrogen and oxygen atoms in total. The molecule has 3 N–H and O–H groups in total. The zero-order valence-electron chi connectivity index (χ0n) is 13.2. The SMILES string of the molecule is COc1ccc(C2C(C#N)=C(N)Oc3cc(O)ccc32)c(OC)c1. The topological polar surface area (TPSA) is 97.7 Å². The van der Waals surface area contributed by atoms with Gasteiger partial charge in [-0.15, -0.1) is 0 Å². The molecule has 3 rings (SSSR count). The van der Waals surface area contributed by atoms with Crippen LogP contribution in [0, 0.1) is 11.3 Å². The molecular formula is C18H16N2O4. The third kappa shape index (κ3) is 2.46. The Morgan fingerprint density at radius 2 is 1.88 bits per heavy atom. The van der Waals surface area contributed by atoms with Gasteiger partial charge in [0.15, 0.2) is 0 Å². The Morgan fingerprint density at radius 1 is 1.12 bits per heavy atom. The molecule has 0 bridgehead atoms. The minimum absolute atomic E-state index is 0.0125. The van der Waals surface area contributed by atoms with Crippen LogP contribution < -0.4 is 19.9 Å². The summed E-state index contributed by atoms with van der Waals surface area (Å²) in [6, 6.07) is 12.2. The van der Waals surface area contributed by atoms with Crippen molar-refractivity contribution in [1.82, 2.24) is 0 Å². The van der Waals surface area contributed by atoms with Crippen molar-refractivity contribution in [3.05, 3.63) is 59.0 Å². The monoisotopic (exact) mass is 324 g/mol. The summed E-state index contributed by atoms with van der Waals surface area (Å²) in [7, 11) is 3.12. The van der Waals surface area contributed by atoms with Crippen molar-refractivity contribution in [2.75, 3.05) is 14.2 Å². The lowest BCUT2D eigenvalue weighted by molar-refractivity contribution is 0.379. The van der Waals surface area contributed by atoms with E-state index in [0.29, 0.717) is 17.2 Å². The van der Waals surface area contributed by atoms with Gasteiger partial charge in [0.05, 0.1) is 20.1 Å². The average molecular weight is 324 g/mol. The quantitative estimate of drug-likeness (QED) is 0.900. The smallest absolute Gasteiger partial charge is 0.205 e. The van der Waals surface area contributed by atoms with Crippen molar-refractivity contribution in [1.29, 1.82) is 5.26 Å². The maximum Gasteiger partial charge on any atom is 0.205 e. The van der Waals surface area contributed by atoms with Crippen LogP contribution in [0.5, 0.6) is 23.0 Å². The summed E-state index contributed by atoms with van der Waals surface area (Å²) in [5.41, 5.74) is 7.69. The summed E-state index contributed by atoms with van der Waals surface area (Å²) in [5.74, 6) is 1.24. The van der Waals surface area contributed by atoms with Crippen molar-refractivity contribution in [3.8, 4) is 29.1 Å². The van der Waals surface area contributed by atoms with Gasteiger partial charge in [-0.1, -0.05) is 12.1 Å². The van der Waals surface area contributed by atoms with E-state index in [1.807, 2.05) is 6.07 Å². The molecular weight excluding hydrogens is 308 g/mol. The van der Waals surface area contributed by atoms with E-state index in [0.717, 1.165) is 11.1 Å². The van der Waals surface area contributed by atoms with Crippen LogP contribution >= 0.6 is 0 Å². The Balaban J connectivity index is 2.24. The van der Waals surface area contributed by atoms with Gasteiger partial charge in [-0.3, -0.25) is 0 Å². The summed E-state index contributed by atoms with van der Waals surface area (Å²) in [6.07, 6.45) is 0. The second-order valence-electron chi connectivity index (χ2n) is 5.25. The molecule has 122 valence electrons. The molecule has 0 aromatic heterocycles. The number of hydrogen-bond acceptors (Lipinski definition) is 6. The van der Waals surface area contributed by atoms with Gasteiger partial charge in [0.2, 0.25) is 5.88 Å². The van der Waals surface area contributed by atoms with Crippen molar-refractivity contribution in [2.45, 2.75) is 5.92 Å². The highest BCUT2D eigenvalue weighted by atomic mass is 16.5. The Hall–Kier alpha value is -3.33. The Labute approximate surface area is 139 Å². The van der Waals surface area contributed by atoms with E-state index in [1.54, 1.807) is 38.5 Å². The average Bonchev–Trinajstić information content (AvgIpc) is 2.59. The standard InChI is InChI=1S/C18H16N2O4/c1-22-11-4-6-12(15(8-11)23-2)17-13-5-3-10(21)7-16(13)24-18(20)14(17)9-19/h3-8,17,21H,20H2,1-2H3. The molecule has 2 aromatic rings. The van der Waals surface area contributed by atoms with Crippen LogP contribution in [0.15, 0.2) is 47.9 Å². The molecule has 1 aliphatic heterocycles. The predicted octanol–water partition coefficient (Wildman–Crippen LogP) is 2.63. The number of rotatable bonds is 3. The minimum Gasteiger partial charge on any atom is -0.508 e. The second-order valence-corrected chi connectivity index (χ2v) is 5.25. The van der Waals surface area contributed by atoms with E-state index >= 15 is 0 Å². The van der Waals surface area contributed by atoms with Crippen LogP contribution in [0.2, 0.25) is 0 Å². The van der Waals surface area contributed by atoms with Gasteiger partial charge in [-0.05, 0) is 12.1 Å². The molecule has 1 atom stereocenters. The van der Waals surface area contributed by atoms with Crippen LogP contribution in [-0.4, -0.2) is 19.3 Å². The maximum absolute atomic E-state index is 9.68.